The van der Waals surface area contributed by atoms with Gasteiger partial charge in [0.25, 0.3) is 5.91 Å². The van der Waals surface area contributed by atoms with Crippen molar-refractivity contribution in [3.63, 3.8) is 0 Å². The van der Waals surface area contributed by atoms with Crippen LogP contribution in [0.1, 0.15) is 15.9 Å². The van der Waals surface area contributed by atoms with Crippen LogP contribution in [0.4, 0.5) is 5.69 Å². The van der Waals surface area contributed by atoms with Gasteiger partial charge in [0.05, 0.1) is 28.4 Å². The van der Waals surface area contributed by atoms with Gasteiger partial charge in [0.15, 0.2) is 18.1 Å². The predicted octanol–water partition coefficient (Wildman–Crippen LogP) is 3.18. The van der Waals surface area contributed by atoms with Gasteiger partial charge < -0.3 is 25.6 Å². The maximum atomic E-state index is 11.1. The van der Waals surface area contributed by atoms with E-state index in [4.69, 9.17) is 43.5 Å². The number of aromatic carboxylic acids is 1. The molecule has 2 rings (SSSR count). The van der Waals surface area contributed by atoms with E-state index in [9.17, 15) is 9.59 Å². The van der Waals surface area contributed by atoms with Crippen LogP contribution in [0, 0.1) is 0 Å². The molecule has 2 aromatic rings. The predicted molar refractivity (Wildman–Crippen MR) is 98.4 cm³/mol. The third kappa shape index (κ3) is 4.93. The van der Waals surface area contributed by atoms with Gasteiger partial charge in [-0.1, -0.05) is 23.2 Å². The van der Waals surface area contributed by atoms with E-state index < -0.39 is 11.9 Å². The SMILES string of the molecule is COc1cc(CNc2cc(C(=O)O)ccc2Cl)cc(Cl)c1OCC(N)=O. The van der Waals surface area contributed by atoms with Gasteiger partial charge in [0.2, 0.25) is 0 Å². The van der Waals surface area contributed by atoms with Crippen molar-refractivity contribution in [2.24, 2.45) is 5.73 Å². The molecular formula is C17H16Cl2N2O5. The first-order valence-electron chi connectivity index (χ1n) is 7.36. The Hall–Kier alpha value is -2.64. The summed E-state index contributed by atoms with van der Waals surface area (Å²) in [6.07, 6.45) is 0. The summed E-state index contributed by atoms with van der Waals surface area (Å²) in [6, 6.07) is 7.66. The van der Waals surface area contributed by atoms with Gasteiger partial charge in [-0.15, -0.1) is 0 Å². The number of carbonyl (C=O) groups excluding carboxylic acids is 1. The number of carbonyl (C=O) groups is 2. The van der Waals surface area contributed by atoms with Crippen molar-refractivity contribution in [1.29, 1.82) is 0 Å². The molecule has 0 aliphatic carbocycles. The highest BCUT2D eigenvalue weighted by Gasteiger charge is 2.14. The summed E-state index contributed by atoms with van der Waals surface area (Å²) in [5, 5.41) is 12.7. The molecule has 1 amide bonds. The van der Waals surface area contributed by atoms with E-state index >= 15 is 0 Å². The van der Waals surface area contributed by atoms with E-state index in [1.807, 2.05) is 0 Å². The highest BCUT2D eigenvalue weighted by atomic mass is 35.5. The van der Waals surface area contributed by atoms with Crippen LogP contribution in [0.3, 0.4) is 0 Å². The van der Waals surface area contributed by atoms with Crippen molar-refractivity contribution in [2.45, 2.75) is 6.54 Å². The fourth-order valence-corrected chi connectivity index (χ4v) is 2.62. The van der Waals surface area contributed by atoms with E-state index in [0.29, 0.717) is 23.0 Å². The van der Waals surface area contributed by atoms with Crippen LogP contribution >= 0.6 is 23.2 Å². The lowest BCUT2D eigenvalue weighted by molar-refractivity contribution is -0.119. The van der Waals surface area contributed by atoms with Crippen LogP contribution in [-0.4, -0.2) is 30.7 Å². The molecule has 2 aromatic carbocycles. The van der Waals surface area contributed by atoms with Gasteiger partial charge in [-0.05, 0) is 35.9 Å². The minimum atomic E-state index is -1.05. The quantitative estimate of drug-likeness (QED) is 0.629. The molecule has 0 saturated carbocycles. The molecule has 4 N–H and O–H groups in total. The molecule has 0 aromatic heterocycles. The highest BCUT2D eigenvalue weighted by molar-refractivity contribution is 6.33. The number of carboxylic acid groups (broad SMARTS) is 1. The molecule has 0 radical (unpaired) electrons. The Morgan fingerprint density at radius 3 is 2.54 bits per heavy atom. The molecule has 0 atom stereocenters. The first-order chi connectivity index (χ1) is 12.3. The van der Waals surface area contributed by atoms with Crippen molar-refractivity contribution in [1.82, 2.24) is 0 Å². The van der Waals surface area contributed by atoms with Crippen molar-refractivity contribution >= 4 is 40.8 Å². The average molecular weight is 399 g/mol. The fourth-order valence-electron chi connectivity index (χ4n) is 2.15. The first-order valence-corrected chi connectivity index (χ1v) is 8.11. The Morgan fingerprint density at radius 2 is 1.92 bits per heavy atom. The number of nitrogens with two attached hydrogens (primary N) is 1. The standard InChI is InChI=1S/C17H16Cl2N2O5/c1-25-14-5-9(4-12(19)16(14)26-8-15(20)22)7-21-13-6-10(17(23)24)2-3-11(13)18/h2-6,21H,7-8H2,1H3,(H2,20,22)(H,23,24). The lowest BCUT2D eigenvalue weighted by Gasteiger charge is -2.14. The van der Waals surface area contributed by atoms with Crippen molar-refractivity contribution in [2.75, 3.05) is 19.0 Å². The molecule has 0 spiro atoms. The third-order valence-corrected chi connectivity index (χ3v) is 3.95. The Balaban J connectivity index is 2.20. The topological polar surface area (TPSA) is 111 Å². The smallest absolute Gasteiger partial charge is 0.335 e. The average Bonchev–Trinajstić information content (AvgIpc) is 2.59. The van der Waals surface area contributed by atoms with E-state index in [-0.39, 0.29) is 22.9 Å². The largest absolute Gasteiger partial charge is 0.493 e. The summed E-state index contributed by atoms with van der Waals surface area (Å²) in [6.45, 7) is -0.0275. The van der Waals surface area contributed by atoms with Crippen LogP contribution in [0.5, 0.6) is 11.5 Å². The first kappa shape index (κ1) is 19.7. The number of hydrogen-bond acceptors (Lipinski definition) is 5. The summed E-state index contributed by atoms with van der Waals surface area (Å²) >= 11 is 12.3. The number of amides is 1. The lowest BCUT2D eigenvalue weighted by Crippen LogP contribution is -2.20. The van der Waals surface area contributed by atoms with Crippen LogP contribution in [0.15, 0.2) is 30.3 Å². The molecule has 9 heteroatoms. The zero-order valence-electron chi connectivity index (χ0n) is 13.7. The Kier molecular flexibility index (Phi) is 6.54. The number of ether oxygens (including phenoxy) is 2. The van der Waals surface area contributed by atoms with Gasteiger partial charge in [-0.25, -0.2) is 4.79 Å². The maximum Gasteiger partial charge on any atom is 0.335 e. The van der Waals surface area contributed by atoms with Gasteiger partial charge in [-0.2, -0.15) is 0 Å². The number of primary amides is 1. The zero-order valence-corrected chi connectivity index (χ0v) is 15.2. The highest BCUT2D eigenvalue weighted by Crippen LogP contribution is 2.36. The van der Waals surface area contributed by atoms with Crippen LogP contribution in [0.2, 0.25) is 10.0 Å². The number of methoxy groups -OCH3 is 1. The summed E-state index contributed by atoms with van der Waals surface area (Å²) in [5.41, 5.74) is 6.37. The molecule has 0 fully saturated rings. The normalized spacial score (nSPS) is 10.3. The molecule has 138 valence electrons. The lowest BCUT2D eigenvalue weighted by atomic mass is 10.1. The van der Waals surface area contributed by atoms with Crippen LogP contribution < -0.4 is 20.5 Å². The van der Waals surface area contributed by atoms with Crippen LogP contribution in [-0.2, 0) is 11.3 Å². The Labute approximate surface area is 159 Å². The van der Waals surface area contributed by atoms with Gasteiger partial charge in [0.1, 0.15) is 0 Å². The monoisotopic (exact) mass is 398 g/mol. The van der Waals surface area contributed by atoms with Crippen molar-refractivity contribution < 1.29 is 24.2 Å². The van der Waals surface area contributed by atoms with E-state index in [2.05, 4.69) is 5.32 Å². The number of rotatable bonds is 8. The molecule has 0 heterocycles. The number of anilines is 1. The Morgan fingerprint density at radius 1 is 1.19 bits per heavy atom. The summed E-state index contributed by atoms with van der Waals surface area (Å²) in [5.74, 6) is -1.14. The summed E-state index contributed by atoms with van der Waals surface area (Å²) in [7, 11) is 1.44. The summed E-state index contributed by atoms with van der Waals surface area (Å²) < 4.78 is 10.5. The summed E-state index contributed by atoms with van der Waals surface area (Å²) in [4.78, 5) is 21.9. The zero-order chi connectivity index (χ0) is 19.3. The molecule has 7 nitrogen and oxygen atoms in total. The number of carboxylic acids is 1. The minimum absolute atomic E-state index is 0.114. The molecule has 0 saturated heterocycles. The molecular weight excluding hydrogens is 383 g/mol. The number of nitrogens with one attached hydrogen (secondary N) is 1. The fraction of sp³-hybridized carbons (Fsp3) is 0.176. The molecule has 0 aliphatic heterocycles. The van der Waals surface area contributed by atoms with Gasteiger partial charge >= 0.3 is 5.97 Å². The minimum Gasteiger partial charge on any atom is -0.493 e. The third-order valence-electron chi connectivity index (χ3n) is 3.34. The number of benzene rings is 2. The Bertz CT molecular complexity index is 842. The van der Waals surface area contributed by atoms with Gasteiger partial charge in [0, 0.05) is 6.54 Å². The second-order valence-electron chi connectivity index (χ2n) is 5.22. The van der Waals surface area contributed by atoms with Crippen molar-refractivity contribution in [3.05, 3.63) is 51.5 Å². The van der Waals surface area contributed by atoms with E-state index in [0.717, 1.165) is 5.56 Å². The van der Waals surface area contributed by atoms with E-state index in [1.165, 1.54) is 25.3 Å². The van der Waals surface area contributed by atoms with Crippen LogP contribution in [0.25, 0.3) is 0 Å². The number of hydrogen-bond donors (Lipinski definition) is 3. The maximum absolute atomic E-state index is 11.1. The second kappa shape index (κ2) is 8.64. The molecule has 0 unspecified atom stereocenters. The van der Waals surface area contributed by atoms with Gasteiger partial charge in [-0.3, -0.25) is 4.79 Å². The number of halogens is 2. The molecule has 0 aliphatic rings. The second-order valence-corrected chi connectivity index (χ2v) is 6.03. The van der Waals surface area contributed by atoms with Crippen molar-refractivity contribution in [3.8, 4) is 11.5 Å². The molecule has 26 heavy (non-hydrogen) atoms. The molecule has 0 bridgehead atoms. The van der Waals surface area contributed by atoms with E-state index in [1.54, 1.807) is 12.1 Å².